The number of hydrogen-bond acceptors (Lipinski definition) is 10. The highest BCUT2D eigenvalue weighted by Gasteiger charge is 2.30. The Morgan fingerprint density at radius 1 is 1.35 bits per heavy atom. The Labute approximate surface area is 196 Å². The van der Waals surface area contributed by atoms with Crippen molar-refractivity contribution in [1.82, 2.24) is 30.0 Å². The number of hydrogen-bond donors (Lipinski definition) is 2. The summed E-state index contributed by atoms with van der Waals surface area (Å²) >= 11 is 0. The van der Waals surface area contributed by atoms with E-state index in [1.54, 1.807) is 10.9 Å². The van der Waals surface area contributed by atoms with Crippen molar-refractivity contribution < 1.29 is 14.3 Å². The number of piperazine rings is 1. The standard InChI is InChI=1S/C23H24N8O3/c1-13-16(3-4-17-18(13)12-34-22(17)32)19-10-30(11-20(25)28-19)8-14-6-27-31(9-14)23-26-7-15(5-24)21(29-23)33-2/h3-4,6-7,9,19-20,28H,8,10-12,25H2,1-2H3/t19-,20+/m0/s1. The van der Waals surface area contributed by atoms with Crippen molar-refractivity contribution in [1.29, 1.82) is 5.26 Å². The zero-order valence-corrected chi connectivity index (χ0v) is 18.9. The SMILES string of the molecule is COc1nc(-n2cc(CN3C[C@@H](c4ccc5c(c4C)COC5=O)N[C@@H](N)C3)cn2)ncc1C#N. The summed E-state index contributed by atoms with van der Waals surface area (Å²) in [5.41, 5.74) is 11.4. The van der Waals surface area contributed by atoms with E-state index in [0.717, 1.165) is 28.8 Å². The minimum absolute atomic E-state index is 0.0194. The van der Waals surface area contributed by atoms with Gasteiger partial charge in [-0.1, -0.05) is 6.07 Å². The lowest BCUT2D eigenvalue weighted by Crippen LogP contribution is -2.56. The lowest BCUT2D eigenvalue weighted by molar-refractivity contribution is 0.0535. The molecule has 0 radical (unpaired) electrons. The molecule has 5 rings (SSSR count). The fourth-order valence-corrected chi connectivity index (χ4v) is 4.55. The van der Waals surface area contributed by atoms with Crippen LogP contribution in [0.2, 0.25) is 0 Å². The number of cyclic esters (lactones) is 1. The van der Waals surface area contributed by atoms with E-state index in [-0.39, 0.29) is 29.6 Å². The van der Waals surface area contributed by atoms with Crippen LogP contribution in [0, 0.1) is 18.3 Å². The molecular formula is C23H24N8O3. The number of fused-ring (bicyclic) bond motifs is 1. The van der Waals surface area contributed by atoms with Gasteiger partial charge in [0.15, 0.2) is 0 Å². The molecule has 3 N–H and O–H groups in total. The fourth-order valence-electron chi connectivity index (χ4n) is 4.55. The second-order valence-corrected chi connectivity index (χ2v) is 8.40. The Kier molecular flexibility index (Phi) is 5.70. The first-order valence-corrected chi connectivity index (χ1v) is 10.9. The van der Waals surface area contributed by atoms with E-state index < -0.39 is 0 Å². The number of aromatic nitrogens is 4. The topological polar surface area (TPSA) is 144 Å². The summed E-state index contributed by atoms with van der Waals surface area (Å²) in [6, 6.07) is 5.85. The summed E-state index contributed by atoms with van der Waals surface area (Å²) in [6.45, 7) is 4.41. The summed E-state index contributed by atoms with van der Waals surface area (Å²) in [5.74, 6) is 0.264. The molecule has 4 heterocycles. The molecule has 0 amide bonds. The highest BCUT2D eigenvalue weighted by atomic mass is 16.5. The third kappa shape index (κ3) is 3.99. The molecule has 174 valence electrons. The molecular weight excluding hydrogens is 436 g/mol. The van der Waals surface area contributed by atoms with Gasteiger partial charge in [-0.05, 0) is 24.1 Å². The number of nitriles is 1. The third-order valence-corrected chi connectivity index (χ3v) is 6.20. The predicted molar refractivity (Wildman–Crippen MR) is 120 cm³/mol. The average molecular weight is 460 g/mol. The molecule has 34 heavy (non-hydrogen) atoms. The Balaban J connectivity index is 1.33. The molecule has 1 fully saturated rings. The number of carbonyl (C=O) groups excluding carboxylic acids is 1. The molecule has 1 aromatic carbocycles. The van der Waals surface area contributed by atoms with Gasteiger partial charge in [0.2, 0.25) is 5.88 Å². The highest BCUT2D eigenvalue weighted by Crippen LogP contribution is 2.30. The second kappa shape index (κ2) is 8.83. The molecule has 2 atom stereocenters. The van der Waals surface area contributed by atoms with Gasteiger partial charge in [0.1, 0.15) is 18.2 Å². The number of carbonyl (C=O) groups is 1. The zero-order valence-electron chi connectivity index (χ0n) is 18.9. The van der Waals surface area contributed by atoms with Crippen LogP contribution in [-0.2, 0) is 17.9 Å². The van der Waals surface area contributed by atoms with Crippen LogP contribution < -0.4 is 15.8 Å². The number of nitrogens with two attached hydrogens (primary N) is 1. The van der Waals surface area contributed by atoms with Crippen molar-refractivity contribution in [3.8, 4) is 17.9 Å². The van der Waals surface area contributed by atoms with Crippen molar-refractivity contribution in [3.63, 3.8) is 0 Å². The van der Waals surface area contributed by atoms with Gasteiger partial charge in [0.05, 0.1) is 31.2 Å². The number of benzene rings is 1. The second-order valence-electron chi connectivity index (χ2n) is 8.40. The van der Waals surface area contributed by atoms with Gasteiger partial charge in [-0.3, -0.25) is 10.2 Å². The maximum Gasteiger partial charge on any atom is 0.338 e. The van der Waals surface area contributed by atoms with Crippen LogP contribution in [-0.4, -0.2) is 57.0 Å². The van der Waals surface area contributed by atoms with Gasteiger partial charge < -0.3 is 15.2 Å². The lowest BCUT2D eigenvalue weighted by Gasteiger charge is -2.38. The van der Waals surface area contributed by atoms with E-state index in [0.29, 0.717) is 31.2 Å². The Morgan fingerprint density at radius 3 is 3.00 bits per heavy atom. The molecule has 11 heteroatoms. The maximum atomic E-state index is 11.9. The largest absolute Gasteiger partial charge is 0.480 e. The van der Waals surface area contributed by atoms with E-state index in [1.807, 2.05) is 31.3 Å². The van der Waals surface area contributed by atoms with Crippen molar-refractivity contribution in [2.45, 2.75) is 32.3 Å². The van der Waals surface area contributed by atoms with Crippen LogP contribution in [0.4, 0.5) is 0 Å². The molecule has 0 spiro atoms. The first-order chi connectivity index (χ1) is 16.5. The number of ether oxygens (including phenoxy) is 2. The van der Waals surface area contributed by atoms with Crippen LogP contribution in [0.1, 0.15) is 44.2 Å². The number of nitrogens with zero attached hydrogens (tertiary/aromatic N) is 6. The van der Waals surface area contributed by atoms with Gasteiger partial charge >= 0.3 is 5.97 Å². The minimum Gasteiger partial charge on any atom is -0.480 e. The summed E-state index contributed by atoms with van der Waals surface area (Å²) in [6.07, 6.45) is 4.83. The van der Waals surface area contributed by atoms with E-state index in [1.165, 1.54) is 13.3 Å². The van der Waals surface area contributed by atoms with Crippen LogP contribution in [0.25, 0.3) is 5.95 Å². The fraction of sp³-hybridized carbons (Fsp3) is 0.348. The normalized spacial score (nSPS) is 20.0. The Bertz CT molecular complexity index is 1300. The smallest absolute Gasteiger partial charge is 0.338 e. The molecule has 0 unspecified atom stereocenters. The first kappa shape index (κ1) is 22.0. The molecule has 2 aliphatic rings. The minimum atomic E-state index is -0.263. The van der Waals surface area contributed by atoms with Crippen LogP contribution in [0.15, 0.2) is 30.7 Å². The molecule has 1 saturated heterocycles. The van der Waals surface area contributed by atoms with Gasteiger partial charge in [0, 0.05) is 43.0 Å². The Hall–Kier alpha value is -3.85. The van der Waals surface area contributed by atoms with Gasteiger partial charge in [0.25, 0.3) is 5.95 Å². The number of rotatable bonds is 5. The molecule has 0 saturated carbocycles. The monoisotopic (exact) mass is 460 g/mol. The van der Waals surface area contributed by atoms with Crippen LogP contribution in [0.3, 0.4) is 0 Å². The number of methoxy groups -OCH3 is 1. The lowest BCUT2D eigenvalue weighted by atomic mass is 9.93. The first-order valence-electron chi connectivity index (χ1n) is 10.9. The third-order valence-electron chi connectivity index (χ3n) is 6.20. The molecule has 2 aliphatic heterocycles. The average Bonchev–Trinajstić information content (AvgIpc) is 3.45. The predicted octanol–water partition coefficient (Wildman–Crippen LogP) is 0.953. The molecule has 0 bridgehead atoms. The van der Waals surface area contributed by atoms with Gasteiger partial charge in [-0.25, -0.2) is 14.5 Å². The van der Waals surface area contributed by atoms with E-state index in [4.69, 9.17) is 20.5 Å². The van der Waals surface area contributed by atoms with Gasteiger partial charge in [-0.2, -0.15) is 15.3 Å². The molecule has 0 aliphatic carbocycles. The zero-order chi connectivity index (χ0) is 23.8. The van der Waals surface area contributed by atoms with Crippen LogP contribution >= 0.6 is 0 Å². The number of esters is 1. The van der Waals surface area contributed by atoms with Crippen molar-refractivity contribution in [2.24, 2.45) is 5.73 Å². The summed E-state index contributed by atoms with van der Waals surface area (Å²) in [7, 11) is 1.46. The summed E-state index contributed by atoms with van der Waals surface area (Å²) in [5, 5.41) is 17.0. The summed E-state index contributed by atoms with van der Waals surface area (Å²) in [4.78, 5) is 22.6. The van der Waals surface area contributed by atoms with Crippen molar-refractivity contribution in [2.75, 3.05) is 20.2 Å². The van der Waals surface area contributed by atoms with Gasteiger partial charge in [-0.15, -0.1) is 0 Å². The van der Waals surface area contributed by atoms with Crippen LogP contribution in [0.5, 0.6) is 5.88 Å². The molecule has 2 aromatic heterocycles. The quantitative estimate of drug-likeness (QED) is 0.528. The Morgan fingerprint density at radius 2 is 2.21 bits per heavy atom. The van der Waals surface area contributed by atoms with E-state index in [9.17, 15) is 4.79 Å². The highest BCUT2D eigenvalue weighted by molar-refractivity contribution is 5.94. The van der Waals surface area contributed by atoms with Crippen molar-refractivity contribution in [3.05, 3.63) is 64.1 Å². The van der Waals surface area contributed by atoms with E-state index in [2.05, 4.69) is 25.3 Å². The van der Waals surface area contributed by atoms with E-state index >= 15 is 0 Å². The molecule has 3 aromatic rings. The maximum absolute atomic E-state index is 11.9. The van der Waals surface area contributed by atoms with Crippen molar-refractivity contribution >= 4 is 5.97 Å². The molecule has 11 nitrogen and oxygen atoms in total. The summed E-state index contributed by atoms with van der Waals surface area (Å²) < 4.78 is 11.9. The number of nitrogens with one attached hydrogen (secondary N) is 1.